The Labute approximate surface area is 154 Å². The molecule has 0 spiro atoms. The summed E-state index contributed by atoms with van der Waals surface area (Å²) in [5, 5.41) is 0. The summed E-state index contributed by atoms with van der Waals surface area (Å²) in [5.74, 6) is -0.171. The van der Waals surface area contributed by atoms with E-state index in [-0.39, 0.29) is 11.9 Å². The molecule has 0 N–H and O–H groups in total. The van der Waals surface area contributed by atoms with E-state index in [1.165, 1.54) is 19.3 Å². The van der Waals surface area contributed by atoms with Crippen molar-refractivity contribution in [1.82, 2.24) is 0 Å². The molecule has 0 aromatic carbocycles. The van der Waals surface area contributed by atoms with Gasteiger partial charge in [-0.25, -0.2) is 0 Å². The van der Waals surface area contributed by atoms with Gasteiger partial charge in [-0.3, -0.25) is 9.59 Å². The minimum absolute atomic E-state index is 0.0561. The van der Waals surface area contributed by atoms with Crippen LogP contribution in [0.15, 0.2) is 12.2 Å². The van der Waals surface area contributed by atoms with Crippen LogP contribution in [0.1, 0.15) is 97.3 Å². The molecule has 0 heterocycles. The lowest BCUT2D eigenvalue weighted by Gasteiger charge is -2.05. The lowest BCUT2D eigenvalue weighted by atomic mass is 10.1. The summed E-state index contributed by atoms with van der Waals surface area (Å²) >= 11 is 0. The summed E-state index contributed by atoms with van der Waals surface area (Å²) < 4.78 is 10.3. The van der Waals surface area contributed by atoms with Crippen LogP contribution in [0, 0.1) is 0 Å². The number of esters is 2. The van der Waals surface area contributed by atoms with Gasteiger partial charge in [-0.15, -0.1) is 0 Å². The molecule has 0 radical (unpaired) electrons. The van der Waals surface area contributed by atoms with Gasteiger partial charge in [0, 0.05) is 12.8 Å². The zero-order valence-electron chi connectivity index (χ0n) is 16.4. The Balaban J connectivity index is 3.26. The Hall–Kier alpha value is -1.32. The maximum absolute atomic E-state index is 11.6. The predicted molar refractivity (Wildman–Crippen MR) is 102 cm³/mol. The highest BCUT2D eigenvalue weighted by Gasteiger charge is 2.03. The Morgan fingerprint density at radius 1 is 0.720 bits per heavy atom. The first-order valence-corrected chi connectivity index (χ1v) is 10.1. The van der Waals surface area contributed by atoms with Crippen LogP contribution in [0.4, 0.5) is 0 Å². The van der Waals surface area contributed by atoms with Crippen LogP contribution in [0.25, 0.3) is 0 Å². The Morgan fingerprint density at radius 2 is 1.24 bits per heavy atom. The van der Waals surface area contributed by atoms with Crippen molar-refractivity contribution in [2.45, 2.75) is 97.3 Å². The van der Waals surface area contributed by atoms with Crippen molar-refractivity contribution >= 4 is 11.9 Å². The molecule has 0 atom stereocenters. The number of unbranched alkanes of at least 4 members (excludes halogenated alkanes) is 9. The molecule has 4 heteroatoms. The lowest BCUT2D eigenvalue weighted by Crippen LogP contribution is -2.05. The van der Waals surface area contributed by atoms with Crippen LogP contribution in [0.3, 0.4) is 0 Å². The maximum atomic E-state index is 11.6. The predicted octanol–water partition coefficient (Wildman–Crippen LogP) is 5.74. The molecule has 0 rings (SSSR count). The third-order valence-corrected chi connectivity index (χ3v) is 4.10. The first kappa shape index (κ1) is 23.7. The van der Waals surface area contributed by atoms with Crippen molar-refractivity contribution in [3.05, 3.63) is 12.2 Å². The molecule has 0 saturated carbocycles. The Bertz CT molecular complexity index is 350. The van der Waals surface area contributed by atoms with Gasteiger partial charge >= 0.3 is 11.9 Å². The molecule has 0 aromatic rings. The van der Waals surface area contributed by atoms with Crippen molar-refractivity contribution < 1.29 is 19.1 Å². The van der Waals surface area contributed by atoms with Crippen LogP contribution in [0.2, 0.25) is 0 Å². The summed E-state index contributed by atoms with van der Waals surface area (Å²) in [6.07, 6.45) is 16.7. The van der Waals surface area contributed by atoms with E-state index >= 15 is 0 Å². The molecule has 4 nitrogen and oxygen atoms in total. The topological polar surface area (TPSA) is 52.6 Å². The molecular weight excluding hydrogens is 316 g/mol. The smallest absolute Gasteiger partial charge is 0.306 e. The third-order valence-electron chi connectivity index (χ3n) is 4.10. The fourth-order valence-electron chi connectivity index (χ4n) is 2.52. The van der Waals surface area contributed by atoms with E-state index in [1.807, 2.05) is 19.1 Å². The van der Waals surface area contributed by atoms with E-state index in [9.17, 15) is 9.59 Å². The van der Waals surface area contributed by atoms with Crippen LogP contribution < -0.4 is 0 Å². The van der Waals surface area contributed by atoms with Crippen molar-refractivity contribution in [2.24, 2.45) is 0 Å². The number of ether oxygens (including phenoxy) is 2. The number of carbonyl (C=O) groups excluding carboxylic acids is 2. The molecule has 146 valence electrons. The van der Waals surface area contributed by atoms with Gasteiger partial charge in [0.15, 0.2) is 0 Å². The van der Waals surface area contributed by atoms with Gasteiger partial charge in [0.05, 0.1) is 6.61 Å². The molecule has 0 bridgehead atoms. The van der Waals surface area contributed by atoms with Gasteiger partial charge in [0.1, 0.15) is 6.61 Å². The van der Waals surface area contributed by atoms with Gasteiger partial charge in [-0.2, -0.15) is 0 Å². The summed E-state index contributed by atoms with van der Waals surface area (Å²) in [4.78, 5) is 23.0. The van der Waals surface area contributed by atoms with E-state index < -0.39 is 0 Å². The average molecular weight is 355 g/mol. The van der Waals surface area contributed by atoms with Crippen molar-refractivity contribution in [2.75, 3.05) is 13.2 Å². The first-order chi connectivity index (χ1) is 12.2. The standard InChI is InChI=1S/C21H38O4/c1-3-5-7-12-15-19-25-21(23)17-14-11-9-8-10-13-16-20(22)24-18-6-4-2/h4,6H,3,5,7-19H2,1-2H3/b6-4+. The van der Waals surface area contributed by atoms with Crippen molar-refractivity contribution in [1.29, 1.82) is 0 Å². The lowest BCUT2D eigenvalue weighted by molar-refractivity contribution is -0.144. The summed E-state index contributed by atoms with van der Waals surface area (Å²) in [6, 6.07) is 0. The molecule has 0 aliphatic heterocycles. The van der Waals surface area contributed by atoms with E-state index in [0.29, 0.717) is 26.1 Å². The van der Waals surface area contributed by atoms with Crippen LogP contribution >= 0.6 is 0 Å². The normalized spacial score (nSPS) is 11.0. The Morgan fingerprint density at radius 3 is 1.84 bits per heavy atom. The second-order valence-electron chi connectivity index (χ2n) is 6.51. The first-order valence-electron chi connectivity index (χ1n) is 10.1. The van der Waals surface area contributed by atoms with Gasteiger partial charge in [0.25, 0.3) is 0 Å². The maximum Gasteiger partial charge on any atom is 0.306 e. The summed E-state index contributed by atoms with van der Waals surface area (Å²) in [7, 11) is 0. The zero-order chi connectivity index (χ0) is 18.6. The highest BCUT2D eigenvalue weighted by atomic mass is 16.5. The zero-order valence-corrected chi connectivity index (χ0v) is 16.4. The SMILES string of the molecule is C/C=C/COC(=O)CCCCCCCCC(=O)OCCCCCCC. The third kappa shape index (κ3) is 18.9. The molecule has 0 saturated heterocycles. The molecule has 0 fully saturated rings. The average Bonchev–Trinajstić information content (AvgIpc) is 2.60. The fraction of sp³-hybridized carbons (Fsp3) is 0.810. The molecular formula is C21H38O4. The van der Waals surface area contributed by atoms with Gasteiger partial charge in [-0.1, -0.05) is 70.4 Å². The highest BCUT2D eigenvalue weighted by molar-refractivity contribution is 5.69. The molecule has 25 heavy (non-hydrogen) atoms. The summed E-state index contributed by atoms with van der Waals surface area (Å²) in [5.41, 5.74) is 0. The molecule has 0 amide bonds. The van der Waals surface area contributed by atoms with Crippen LogP contribution in [0.5, 0.6) is 0 Å². The van der Waals surface area contributed by atoms with Crippen LogP contribution in [-0.2, 0) is 19.1 Å². The van der Waals surface area contributed by atoms with Gasteiger partial charge in [-0.05, 0) is 26.2 Å². The fourth-order valence-corrected chi connectivity index (χ4v) is 2.52. The van der Waals surface area contributed by atoms with Gasteiger partial charge in [0.2, 0.25) is 0 Å². The minimum Gasteiger partial charge on any atom is -0.466 e. The van der Waals surface area contributed by atoms with E-state index in [1.54, 1.807) is 0 Å². The molecule has 0 aliphatic carbocycles. The Kier molecular flexibility index (Phi) is 18.0. The number of hydrogen-bond donors (Lipinski definition) is 0. The number of allylic oxidation sites excluding steroid dienone is 1. The largest absolute Gasteiger partial charge is 0.466 e. The van der Waals surface area contributed by atoms with E-state index in [4.69, 9.17) is 9.47 Å². The molecule has 0 aliphatic rings. The highest BCUT2D eigenvalue weighted by Crippen LogP contribution is 2.10. The second-order valence-corrected chi connectivity index (χ2v) is 6.51. The van der Waals surface area contributed by atoms with E-state index in [2.05, 4.69) is 6.92 Å². The molecule has 0 aromatic heterocycles. The minimum atomic E-state index is -0.115. The van der Waals surface area contributed by atoms with Gasteiger partial charge < -0.3 is 9.47 Å². The van der Waals surface area contributed by atoms with Crippen molar-refractivity contribution in [3.63, 3.8) is 0 Å². The number of carbonyl (C=O) groups is 2. The monoisotopic (exact) mass is 354 g/mol. The number of hydrogen-bond acceptors (Lipinski definition) is 4. The quantitative estimate of drug-likeness (QED) is 0.190. The van der Waals surface area contributed by atoms with E-state index in [0.717, 1.165) is 51.4 Å². The molecule has 0 unspecified atom stereocenters. The van der Waals surface area contributed by atoms with Crippen LogP contribution in [-0.4, -0.2) is 25.2 Å². The van der Waals surface area contributed by atoms with Crippen molar-refractivity contribution in [3.8, 4) is 0 Å². The number of rotatable bonds is 17. The summed E-state index contributed by atoms with van der Waals surface area (Å²) in [6.45, 7) is 5.06. The second kappa shape index (κ2) is 19.0.